The second-order valence-electron chi connectivity index (χ2n) is 5.95. The van der Waals surface area contributed by atoms with Gasteiger partial charge in [-0.05, 0) is 47.5 Å². The van der Waals surface area contributed by atoms with Crippen LogP contribution in [-0.2, 0) is 14.3 Å². The molecule has 0 radical (unpaired) electrons. The van der Waals surface area contributed by atoms with E-state index in [1.54, 1.807) is 11.8 Å². The highest BCUT2D eigenvalue weighted by atomic mass is 16.6. The summed E-state index contributed by atoms with van der Waals surface area (Å²) in [6, 6.07) is 0. The number of carbonyl (C=O) groups excluding carboxylic acids is 2. The highest BCUT2D eigenvalue weighted by Gasteiger charge is 2.26. The summed E-state index contributed by atoms with van der Waals surface area (Å²) in [6.45, 7) is 10.7. The van der Waals surface area contributed by atoms with E-state index in [1.165, 1.54) is 0 Å². The number of nitrogens with zero attached hydrogens (tertiary/aromatic N) is 1. The van der Waals surface area contributed by atoms with Gasteiger partial charge in [-0.3, -0.25) is 0 Å². The molecule has 1 amide bonds. The molecule has 0 unspecified atom stereocenters. The van der Waals surface area contributed by atoms with E-state index >= 15 is 0 Å². The molecule has 0 N–H and O–H groups in total. The fourth-order valence-electron chi connectivity index (χ4n) is 2.03. The molecular formula is C15H25NO4. The number of hydrogen-bond donors (Lipinski definition) is 0. The summed E-state index contributed by atoms with van der Waals surface area (Å²) >= 11 is 0. The van der Waals surface area contributed by atoms with Crippen LogP contribution in [0.15, 0.2) is 11.1 Å². The monoisotopic (exact) mass is 283 g/mol. The van der Waals surface area contributed by atoms with Gasteiger partial charge in [-0.2, -0.15) is 0 Å². The Kier molecular flexibility index (Phi) is 5.60. The van der Waals surface area contributed by atoms with Gasteiger partial charge in [-0.1, -0.05) is 5.57 Å². The van der Waals surface area contributed by atoms with Crippen LogP contribution in [0.4, 0.5) is 4.79 Å². The predicted octanol–water partition coefficient (Wildman–Crippen LogP) is 2.90. The minimum Gasteiger partial charge on any atom is -0.463 e. The zero-order valence-corrected chi connectivity index (χ0v) is 13.1. The third-order valence-electron chi connectivity index (χ3n) is 3.08. The Morgan fingerprint density at radius 2 is 1.80 bits per heavy atom. The van der Waals surface area contributed by atoms with E-state index < -0.39 is 5.60 Å². The number of hydrogen-bond acceptors (Lipinski definition) is 4. The molecule has 0 aromatic heterocycles. The third-order valence-corrected chi connectivity index (χ3v) is 3.08. The van der Waals surface area contributed by atoms with Crippen molar-refractivity contribution in [1.29, 1.82) is 0 Å². The molecule has 1 heterocycles. The van der Waals surface area contributed by atoms with E-state index in [0.717, 1.165) is 5.57 Å². The minimum absolute atomic E-state index is 0.268. The number of carbonyl (C=O) groups is 2. The van der Waals surface area contributed by atoms with Gasteiger partial charge >= 0.3 is 12.1 Å². The number of amides is 1. The Labute approximate surface area is 120 Å². The first-order valence-electron chi connectivity index (χ1n) is 7.08. The normalized spacial score (nSPS) is 16.8. The molecule has 0 saturated heterocycles. The average molecular weight is 283 g/mol. The summed E-state index contributed by atoms with van der Waals surface area (Å²) in [6.07, 6.45) is 0.868. The van der Waals surface area contributed by atoms with E-state index in [2.05, 4.69) is 0 Å². The van der Waals surface area contributed by atoms with Crippen molar-refractivity contribution in [3.8, 4) is 0 Å². The van der Waals surface area contributed by atoms with Crippen molar-refractivity contribution < 1.29 is 19.1 Å². The van der Waals surface area contributed by atoms with Crippen LogP contribution in [0.2, 0.25) is 0 Å². The molecule has 114 valence electrons. The molecule has 0 spiro atoms. The molecule has 1 rings (SSSR count). The van der Waals surface area contributed by atoms with Gasteiger partial charge in [-0.25, -0.2) is 9.59 Å². The summed E-state index contributed by atoms with van der Waals surface area (Å²) in [5.41, 5.74) is 1.18. The van der Waals surface area contributed by atoms with Gasteiger partial charge in [0.25, 0.3) is 0 Å². The molecule has 1 aliphatic rings. The van der Waals surface area contributed by atoms with Crippen LogP contribution >= 0.6 is 0 Å². The number of ether oxygens (including phenoxy) is 2. The second-order valence-corrected chi connectivity index (χ2v) is 5.95. The first-order chi connectivity index (χ1) is 9.24. The van der Waals surface area contributed by atoms with Gasteiger partial charge < -0.3 is 14.4 Å². The SMILES string of the molecule is CCOC(=O)C1=C(C)CCN(C(=O)OC(C)(C)C)CC1. The quantitative estimate of drug-likeness (QED) is 0.731. The number of rotatable bonds is 2. The van der Waals surface area contributed by atoms with Crippen LogP contribution in [0.3, 0.4) is 0 Å². The summed E-state index contributed by atoms with van der Waals surface area (Å²) in [5.74, 6) is -0.268. The largest absolute Gasteiger partial charge is 0.463 e. The third kappa shape index (κ3) is 4.87. The molecule has 0 aliphatic carbocycles. The highest BCUT2D eigenvalue weighted by Crippen LogP contribution is 2.21. The predicted molar refractivity (Wildman–Crippen MR) is 76.4 cm³/mol. The van der Waals surface area contributed by atoms with Crippen LogP contribution in [0.1, 0.15) is 47.5 Å². The van der Waals surface area contributed by atoms with Crippen LogP contribution in [-0.4, -0.2) is 42.3 Å². The lowest BCUT2D eigenvalue weighted by Crippen LogP contribution is -2.37. The van der Waals surface area contributed by atoms with Gasteiger partial charge in [0, 0.05) is 18.7 Å². The number of esters is 1. The summed E-state index contributed by atoms with van der Waals surface area (Å²) in [5, 5.41) is 0. The van der Waals surface area contributed by atoms with Crippen LogP contribution < -0.4 is 0 Å². The van der Waals surface area contributed by atoms with E-state index in [1.807, 2.05) is 27.7 Å². The summed E-state index contributed by atoms with van der Waals surface area (Å²) < 4.78 is 10.4. The minimum atomic E-state index is -0.504. The molecule has 0 fully saturated rings. The summed E-state index contributed by atoms with van der Waals surface area (Å²) in [4.78, 5) is 25.6. The molecule has 0 saturated carbocycles. The van der Waals surface area contributed by atoms with E-state index in [-0.39, 0.29) is 12.1 Å². The second kappa shape index (κ2) is 6.77. The van der Waals surface area contributed by atoms with Crippen molar-refractivity contribution in [1.82, 2.24) is 4.90 Å². The Bertz CT molecular complexity index is 407. The molecule has 0 aromatic rings. The van der Waals surface area contributed by atoms with Crippen LogP contribution in [0, 0.1) is 0 Å². The van der Waals surface area contributed by atoms with Gasteiger partial charge in [0.15, 0.2) is 0 Å². The Morgan fingerprint density at radius 1 is 1.20 bits per heavy atom. The molecule has 1 aliphatic heterocycles. The molecule has 0 bridgehead atoms. The molecule has 20 heavy (non-hydrogen) atoms. The van der Waals surface area contributed by atoms with Crippen molar-refractivity contribution in [3.63, 3.8) is 0 Å². The molecule has 0 atom stereocenters. The summed E-state index contributed by atoms with van der Waals surface area (Å²) in [7, 11) is 0. The van der Waals surface area contributed by atoms with Crippen molar-refractivity contribution in [2.75, 3.05) is 19.7 Å². The lowest BCUT2D eigenvalue weighted by atomic mass is 10.1. The molecule has 0 aromatic carbocycles. The Balaban J connectivity index is 2.67. The smallest absolute Gasteiger partial charge is 0.410 e. The van der Waals surface area contributed by atoms with Gasteiger partial charge in [0.2, 0.25) is 0 Å². The molecule has 5 heteroatoms. The van der Waals surface area contributed by atoms with Gasteiger partial charge in [0.1, 0.15) is 5.60 Å². The highest BCUT2D eigenvalue weighted by molar-refractivity contribution is 5.89. The van der Waals surface area contributed by atoms with Gasteiger partial charge in [0.05, 0.1) is 6.61 Å². The first-order valence-corrected chi connectivity index (χ1v) is 7.08. The standard InChI is InChI=1S/C15H25NO4/c1-6-19-13(17)12-8-10-16(9-7-11(12)2)14(18)20-15(3,4)5/h6-10H2,1-5H3. The van der Waals surface area contributed by atoms with Crippen molar-refractivity contribution in [2.45, 2.75) is 53.1 Å². The fraction of sp³-hybridized carbons (Fsp3) is 0.733. The molecular weight excluding hydrogens is 258 g/mol. The zero-order valence-electron chi connectivity index (χ0n) is 13.1. The fourth-order valence-corrected chi connectivity index (χ4v) is 2.03. The van der Waals surface area contributed by atoms with Gasteiger partial charge in [-0.15, -0.1) is 0 Å². The average Bonchev–Trinajstić information content (AvgIpc) is 2.49. The maximum Gasteiger partial charge on any atom is 0.410 e. The maximum atomic E-state index is 12.0. The van der Waals surface area contributed by atoms with Crippen LogP contribution in [0.5, 0.6) is 0 Å². The topological polar surface area (TPSA) is 55.8 Å². The zero-order chi connectivity index (χ0) is 15.3. The Morgan fingerprint density at radius 3 is 2.35 bits per heavy atom. The first kappa shape index (κ1) is 16.5. The van der Waals surface area contributed by atoms with Crippen molar-refractivity contribution in [2.24, 2.45) is 0 Å². The lowest BCUT2D eigenvalue weighted by molar-refractivity contribution is -0.138. The van der Waals surface area contributed by atoms with Crippen molar-refractivity contribution in [3.05, 3.63) is 11.1 Å². The lowest BCUT2D eigenvalue weighted by Gasteiger charge is -2.26. The maximum absolute atomic E-state index is 12.0. The van der Waals surface area contributed by atoms with E-state index in [4.69, 9.17) is 9.47 Å². The Hall–Kier alpha value is -1.52. The van der Waals surface area contributed by atoms with Crippen molar-refractivity contribution >= 4 is 12.1 Å². The molecule has 5 nitrogen and oxygen atoms in total. The van der Waals surface area contributed by atoms with Crippen LogP contribution in [0.25, 0.3) is 0 Å². The van der Waals surface area contributed by atoms with E-state index in [9.17, 15) is 9.59 Å². The van der Waals surface area contributed by atoms with E-state index in [0.29, 0.717) is 38.1 Å².